The summed E-state index contributed by atoms with van der Waals surface area (Å²) in [5.41, 5.74) is 0.354. The Morgan fingerprint density at radius 2 is 2.00 bits per heavy atom. The Morgan fingerprint density at radius 3 is 2.58 bits per heavy atom. The summed E-state index contributed by atoms with van der Waals surface area (Å²) in [6.07, 6.45) is 0. The maximum Gasteiger partial charge on any atom is 0.257 e. The van der Waals surface area contributed by atoms with Gasteiger partial charge in [-0.3, -0.25) is 4.79 Å². The van der Waals surface area contributed by atoms with E-state index in [0.29, 0.717) is 17.1 Å². The Balaban J connectivity index is 2.62. The third-order valence-corrected chi connectivity index (χ3v) is 2.79. The van der Waals surface area contributed by atoms with E-state index >= 15 is 0 Å². The smallest absolute Gasteiger partial charge is 0.257 e. The van der Waals surface area contributed by atoms with Crippen LogP contribution in [0.25, 0.3) is 11.4 Å². The van der Waals surface area contributed by atoms with Gasteiger partial charge in [-0.15, -0.1) is 0 Å². The number of benzene rings is 1. The second kappa shape index (κ2) is 5.01. The molecule has 0 aliphatic rings. The Bertz CT molecular complexity index is 664. The zero-order valence-electron chi connectivity index (χ0n) is 10.9. The predicted octanol–water partition coefficient (Wildman–Crippen LogP) is 1.47. The van der Waals surface area contributed by atoms with E-state index in [1.807, 2.05) is 0 Å². The quantitative estimate of drug-likeness (QED) is 0.875. The second-order valence-corrected chi connectivity index (χ2v) is 3.93. The van der Waals surface area contributed by atoms with Crippen molar-refractivity contribution in [1.29, 1.82) is 0 Å². The highest BCUT2D eigenvalue weighted by atomic mass is 16.5. The van der Waals surface area contributed by atoms with Crippen LogP contribution < -0.4 is 15.0 Å². The van der Waals surface area contributed by atoms with E-state index in [1.165, 1.54) is 14.0 Å². The summed E-state index contributed by atoms with van der Waals surface area (Å²) in [6, 6.07) is 5.09. The van der Waals surface area contributed by atoms with Crippen LogP contribution in [0.2, 0.25) is 0 Å². The van der Waals surface area contributed by atoms with Gasteiger partial charge in [0.2, 0.25) is 5.88 Å². The van der Waals surface area contributed by atoms with Crippen LogP contribution in [0.4, 0.5) is 0 Å². The number of hydrogen-bond acceptors (Lipinski definition) is 5. The highest BCUT2D eigenvalue weighted by Gasteiger charge is 2.13. The highest BCUT2D eigenvalue weighted by molar-refractivity contribution is 5.66. The Labute approximate surface area is 109 Å². The number of rotatable bonds is 3. The first-order chi connectivity index (χ1) is 9.06. The molecule has 2 rings (SSSR count). The molecule has 0 bridgehead atoms. The largest absolute Gasteiger partial charge is 0.497 e. The fourth-order valence-electron chi connectivity index (χ4n) is 1.64. The third kappa shape index (κ3) is 2.37. The number of aromatic nitrogens is 2. The molecule has 1 aromatic carbocycles. The third-order valence-electron chi connectivity index (χ3n) is 2.79. The Morgan fingerprint density at radius 1 is 1.26 bits per heavy atom. The lowest BCUT2D eigenvalue weighted by atomic mass is 10.1. The van der Waals surface area contributed by atoms with Crippen LogP contribution >= 0.6 is 0 Å². The van der Waals surface area contributed by atoms with Gasteiger partial charge in [0.15, 0.2) is 0 Å². The molecular formula is C13H14N2O4. The lowest BCUT2D eigenvalue weighted by Crippen LogP contribution is -2.12. The van der Waals surface area contributed by atoms with E-state index < -0.39 is 0 Å². The number of nitrogens with zero attached hydrogens (tertiary/aromatic N) is 1. The first-order valence-electron chi connectivity index (χ1n) is 5.59. The summed E-state index contributed by atoms with van der Waals surface area (Å²) in [6.45, 7) is 1.50. The first kappa shape index (κ1) is 12.9. The van der Waals surface area contributed by atoms with Crippen molar-refractivity contribution in [1.82, 2.24) is 9.97 Å². The molecule has 0 radical (unpaired) electrons. The van der Waals surface area contributed by atoms with Gasteiger partial charge in [-0.05, 0) is 19.1 Å². The van der Waals surface area contributed by atoms with Crippen LogP contribution in [0, 0.1) is 6.92 Å². The Hall–Kier alpha value is -2.50. The molecule has 0 fully saturated rings. The van der Waals surface area contributed by atoms with E-state index in [1.54, 1.807) is 25.3 Å². The fourth-order valence-corrected chi connectivity index (χ4v) is 1.64. The van der Waals surface area contributed by atoms with Crippen molar-refractivity contribution in [2.24, 2.45) is 0 Å². The van der Waals surface area contributed by atoms with Crippen molar-refractivity contribution in [2.75, 3.05) is 14.2 Å². The summed E-state index contributed by atoms with van der Waals surface area (Å²) < 4.78 is 10.3. The molecule has 6 heteroatoms. The molecule has 2 aromatic rings. The van der Waals surface area contributed by atoms with Gasteiger partial charge in [0.1, 0.15) is 17.3 Å². The minimum absolute atomic E-state index is 0.177. The van der Waals surface area contributed by atoms with Gasteiger partial charge in [0.05, 0.1) is 25.3 Å². The highest BCUT2D eigenvalue weighted by Crippen LogP contribution is 2.31. The molecule has 2 N–H and O–H groups in total. The molecule has 0 saturated heterocycles. The van der Waals surface area contributed by atoms with Crippen molar-refractivity contribution >= 4 is 0 Å². The van der Waals surface area contributed by atoms with Crippen molar-refractivity contribution in [3.63, 3.8) is 0 Å². The van der Waals surface area contributed by atoms with Crippen LogP contribution in [0.3, 0.4) is 0 Å². The number of aromatic hydroxyl groups is 1. The van der Waals surface area contributed by atoms with Crippen LogP contribution in [0.1, 0.15) is 5.56 Å². The molecular weight excluding hydrogens is 248 g/mol. The molecule has 0 atom stereocenters. The van der Waals surface area contributed by atoms with Gasteiger partial charge in [-0.25, -0.2) is 0 Å². The maximum atomic E-state index is 11.6. The normalized spacial score (nSPS) is 10.3. The van der Waals surface area contributed by atoms with Crippen molar-refractivity contribution in [3.8, 4) is 28.8 Å². The topological polar surface area (TPSA) is 84.4 Å². The molecule has 1 aromatic heterocycles. The number of H-pyrrole nitrogens is 1. The van der Waals surface area contributed by atoms with Gasteiger partial charge in [0.25, 0.3) is 5.56 Å². The average molecular weight is 262 g/mol. The monoisotopic (exact) mass is 262 g/mol. The van der Waals surface area contributed by atoms with Crippen molar-refractivity contribution in [3.05, 3.63) is 34.1 Å². The lowest BCUT2D eigenvalue weighted by molar-refractivity contribution is 0.395. The minimum Gasteiger partial charge on any atom is -0.497 e. The molecule has 1 heterocycles. The molecule has 0 amide bonds. The van der Waals surface area contributed by atoms with Gasteiger partial charge in [-0.1, -0.05) is 0 Å². The van der Waals surface area contributed by atoms with E-state index in [9.17, 15) is 9.90 Å². The number of hydrogen-bond donors (Lipinski definition) is 2. The van der Waals surface area contributed by atoms with Crippen LogP contribution in [-0.2, 0) is 0 Å². The summed E-state index contributed by atoms with van der Waals surface area (Å²) in [4.78, 5) is 18.2. The fraction of sp³-hybridized carbons (Fsp3) is 0.231. The zero-order chi connectivity index (χ0) is 14.0. The van der Waals surface area contributed by atoms with Crippen LogP contribution in [-0.4, -0.2) is 29.3 Å². The molecule has 0 aliphatic heterocycles. The van der Waals surface area contributed by atoms with Gasteiger partial charge in [-0.2, -0.15) is 4.98 Å². The number of methoxy groups -OCH3 is 2. The summed E-state index contributed by atoms with van der Waals surface area (Å²) >= 11 is 0. The second-order valence-electron chi connectivity index (χ2n) is 3.93. The minimum atomic E-state index is -0.389. The zero-order valence-corrected chi connectivity index (χ0v) is 10.9. The van der Waals surface area contributed by atoms with Crippen molar-refractivity contribution < 1.29 is 14.6 Å². The van der Waals surface area contributed by atoms with E-state index in [0.717, 1.165) is 0 Å². The summed E-state index contributed by atoms with van der Waals surface area (Å²) in [5.74, 6) is 1.06. The number of nitrogens with one attached hydrogen (secondary N) is 1. The predicted molar refractivity (Wildman–Crippen MR) is 69.8 cm³/mol. The van der Waals surface area contributed by atoms with E-state index in [-0.39, 0.29) is 22.8 Å². The molecule has 19 heavy (non-hydrogen) atoms. The van der Waals surface area contributed by atoms with Crippen LogP contribution in [0.5, 0.6) is 17.4 Å². The maximum absolute atomic E-state index is 11.6. The summed E-state index contributed by atoms with van der Waals surface area (Å²) in [5, 5.41) is 9.61. The van der Waals surface area contributed by atoms with E-state index in [2.05, 4.69) is 9.97 Å². The van der Waals surface area contributed by atoms with E-state index in [4.69, 9.17) is 9.47 Å². The first-order valence-corrected chi connectivity index (χ1v) is 5.59. The number of aromatic amines is 1. The molecule has 0 aliphatic carbocycles. The van der Waals surface area contributed by atoms with Gasteiger partial charge in [0, 0.05) is 6.07 Å². The van der Waals surface area contributed by atoms with Gasteiger partial charge >= 0.3 is 0 Å². The molecule has 0 unspecified atom stereocenters. The molecule has 0 spiro atoms. The van der Waals surface area contributed by atoms with Crippen molar-refractivity contribution in [2.45, 2.75) is 6.92 Å². The molecule has 100 valence electrons. The summed E-state index contributed by atoms with van der Waals surface area (Å²) in [7, 11) is 3.05. The van der Waals surface area contributed by atoms with Crippen LogP contribution in [0.15, 0.2) is 23.0 Å². The SMILES string of the molecule is COc1ccc(-c2nc(O)c(C)c(=O)[nH]2)c(OC)c1. The standard InChI is InChI=1S/C13H14N2O4/c1-7-12(16)14-11(15-13(7)17)9-5-4-8(18-2)6-10(9)19-3/h4-6H,1-3H3,(H2,14,15,16,17). The number of ether oxygens (including phenoxy) is 2. The van der Waals surface area contributed by atoms with Gasteiger partial charge < -0.3 is 19.6 Å². The Kier molecular flexibility index (Phi) is 3.41. The average Bonchev–Trinajstić information content (AvgIpc) is 2.43. The lowest BCUT2D eigenvalue weighted by Gasteiger charge is -2.10. The molecule has 0 saturated carbocycles. The molecule has 6 nitrogen and oxygen atoms in total.